The van der Waals surface area contributed by atoms with Crippen molar-refractivity contribution in [3.8, 4) is 0 Å². The smallest absolute Gasteiger partial charge is 0.323 e. The molecule has 0 bridgehead atoms. The number of carbonyl (C=O) groups is 3. The number of carboxylic acids is 2. The molecule has 2 rings (SSSR count). The normalized spacial score (nSPS) is 20.7. The van der Waals surface area contributed by atoms with Crippen LogP contribution < -0.4 is 15.5 Å². The van der Waals surface area contributed by atoms with Gasteiger partial charge in [0.1, 0.15) is 5.37 Å². The Labute approximate surface area is 131 Å². The number of nitrogens with one attached hydrogen (secondary N) is 1. The van der Waals surface area contributed by atoms with Gasteiger partial charge in [0.05, 0.1) is 18.0 Å². The fourth-order valence-corrected chi connectivity index (χ4v) is 3.50. The Morgan fingerprint density at radius 3 is 2.27 bits per heavy atom. The lowest BCUT2D eigenvalue weighted by molar-refractivity contribution is -0.313. The van der Waals surface area contributed by atoms with Crippen molar-refractivity contribution in [3.05, 3.63) is 29.3 Å². The Morgan fingerprint density at radius 2 is 1.77 bits per heavy atom. The summed E-state index contributed by atoms with van der Waals surface area (Å²) in [5.74, 6) is -3.06. The number of aliphatic carboxylic acids is 2. The van der Waals surface area contributed by atoms with Gasteiger partial charge < -0.3 is 25.1 Å². The molecular weight excluding hydrogens is 308 g/mol. The van der Waals surface area contributed by atoms with Gasteiger partial charge in [0.15, 0.2) is 0 Å². The van der Waals surface area contributed by atoms with Crippen molar-refractivity contribution in [2.75, 3.05) is 11.1 Å². The summed E-state index contributed by atoms with van der Waals surface area (Å²) in [7, 11) is 0. The molecule has 0 aromatic heterocycles. The van der Waals surface area contributed by atoms with Crippen LogP contribution in [0.15, 0.2) is 18.2 Å². The zero-order chi connectivity index (χ0) is 16.4. The number of thioether (sulfide) groups is 1. The standard InChI is InChI=1S/C14H16N2O5S/c1-7-4-3-5-8(2)10(7)15-14(21)16-9(12(17)18)6-22-11(16)13(19)20/h3-5,9,11H,6H2,1-2H3,(H,15,21)(H,17,18)(H,19,20)/p-2/t9-,11-/m0/s1. The molecule has 0 saturated carbocycles. The van der Waals surface area contributed by atoms with E-state index in [1.807, 2.05) is 6.07 Å². The second kappa shape index (κ2) is 6.27. The van der Waals surface area contributed by atoms with Gasteiger partial charge in [-0.2, -0.15) is 0 Å². The van der Waals surface area contributed by atoms with E-state index in [1.165, 1.54) is 0 Å². The molecule has 2 amide bonds. The summed E-state index contributed by atoms with van der Waals surface area (Å²) in [6.07, 6.45) is 0. The lowest BCUT2D eigenvalue weighted by Gasteiger charge is -2.30. The molecule has 1 fully saturated rings. The van der Waals surface area contributed by atoms with Crippen LogP contribution in [0.1, 0.15) is 11.1 Å². The fourth-order valence-electron chi connectivity index (χ4n) is 2.30. The molecular formula is C14H14N2O5S-2. The first-order valence-corrected chi connectivity index (χ1v) is 7.56. The van der Waals surface area contributed by atoms with E-state index in [4.69, 9.17) is 0 Å². The maximum atomic E-state index is 12.4. The van der Waals surface area contributed by atoms with Crippen molar-refractivity contribution >= 4 is 35.4 Å². The molecule has 1 aromatic carbocycles. The van der Waals surface area contributed by atoms with E-state index < -0.39 is 29.4 Å². The SMILES string of the molecule is Cc1cccc(C)c1NC(=O)N1[C@H](C(=O)[O-])CS[C@H]1C(=O)[O-]. The summed E-state index contributed by atoms with van der Waals surface area (Å²) < 4.78 is 0. The number of carbonyl (C=O) groups excluding carboxylic acids is 3. The molecule has 1 heterocycles. The van der Waals surface area contributed by atoms with E-state index in [2.05, 4.69) is 5.32 Å². The van der Waals surface area contributed by atoms with Gasteiger partial charge in [-0.25, -0.2) is 4.79 Å². The van der Waals surface area contributed by atoms with Gasteiger partial charge >= 0.3 is 6.03 Å². The maximum Gasteiger partial charge on any atom is 0.323 e. The number of hydrogen-bond donors (Lipinski definition) is 1. The minimum absolute atomic E-state index is 0.0544. The van der Waals surface area contributed by atoms with Crippen molar-refractivity contribution in [2.45, 2.75) is 25.3 Å². The topological polar surface area (TPSA) is 113 Å². The number of rotatable bonds is 3. The van der Waals surface area contributed by atoms with E-state index in [-0.39, 0.29) is 5.75 Å². The first-order valence-electron chi connectivity index (χ1n) is 6.51. The highest BCUT2D eigenvalue weighted by atomic mass is 32.2. The highest BCUT2D eigenvalue weighted by molar-refractivity contribution is 8.00. The molecule has 1 aliphatic heterocycles. The van der Waals surface area contributed by atoms with E-state index in [0.717, 1.165) is 27.8 Å². The highest BCUT2D eigenvalue weighted by Crippen LogP contribution is 2.30. The number of hydrogen-bond acceptors (Lipinski definition) is 6. The second-order valence-electron chi connectivity index (χ2n) is 4.94. The van der Waals surface area contributed by atoms with Crippen LogP contribution in [0.4, 0.5) is 10.5 Å². The molecule has 118 valence electrons. The largest absolute Gasteiger partial charge is 0.548 e. The molecule has 1 saturated heterocycles. The zero-order valence-corrected chi connectivity index (χ0v) is 12.8. The number of carboxylic acid groups (broad SMARTS) is 2. The van der Waals surface area contributed by atoms with Gasteiger partial charge in [-0.3, -0.25) is 4.90 Å². The molecule has 0 unspecified atom stereocenters. The summed E-state index contributed by atoms with van der Waals surface area (Å²) in [4.78, 5) is 35.3. The fraction of sp³-hybridized carbons (Fsp3) is 0.357. The van der Waals surface area contributed by atoms with Gasteiger partial charge in [-0.1, -0.05) is 18.2 Å². The quantitative estimate of drug-likeness (QED) is 0.770. The molecule has 1 aliphatic rings. The molecule has 1 N–H and O–H groups in total. The van der Waals surface area contributed by atoms with Crippen LogP contribution >= 0.6 is 11.8 Å². The van der Waals surface area contributed by atoms with E-state index >= 15 is 0 Å². The summed E-state index contributed by atoms with van der Waals surface area (Å²) in [5, 5.41) is 23.4. The number of benzene rings is 1. The van der Waals surface area contributed by atoms with Crippen LogP contribution in [-0.2, 0) is 9.59 Å². The predicted octanol–water partition coefficient (Wildman–Crippen LogP) is -0.921. The van der Waals surface area contributed by atoms with Crippen molar-refractivity contribution in [3.63, 3.8) is 0 Å². The molecule has 8 heteroatoms. The molecule has 2 atom stereocenters. The number of aryl methyl sites for hydroxylation is 2. The minimum atomic E-state index is -1.51. The van der Waals surface area contributed by atoms with E-state index in [0.29, 0.717) is 5.69 Å². The molecule has 1 aromatic rings. The monoisotopic (exact) mass is 322 g/mol. The number of urea groups is 1. The average molecular weight is 322 g/mol. The van der Waals surface area contributed by atoms with Crippen LogP contribution in [0, 0.1) is 13.8 Å². The van der Waals surface area contributed by atoms with Gasteiger partial charge in [-0.15, -0.1) is 11.8 Å². The third-order valence-electron chi connectivity index (χ3n) is 3.42. The zero-order valence-electron chi connectivity index (χ0n) is 12.0. The number of para-hydroxylation sites is 1. The van der Waals surface area contributed by atoms with Gasteiger partial charge in [0, 0.05) is 11.4 Å². The van der Waals surface area contributed by atoms with E-state index in [9.17, 15) is 24.6 Å². The van der Waals surface area contributed by atoms with Crippen LogP contribution in [0.5, 0.6) is 0 Å². The van der Waals surface area contributed by atoms with Crippen LogP contribution in [0.2, 0.25) is 0 Å². The minimum Gasteiger partial charge on any atom is -0.548 e. The summed E-state index contributed by atoms with van der Waals surface area (Å²) in [6, 6.07) is 3.28. The Kier molecular flexibility index (Phi) is 4.60. The average Bonchev–Trinajstić information content (AvgIpc) is 2.88. The number of nitrogens with zero attached hydrogens (tertiary/aromatic N) is 1. The van der Waals surface area contributed by atoms with Crippen LogP contribution in [-0.4, -0.2) is 40.0 Å². The van der Waals surface area contributed by atoms with Crippen molar-refractivity contribution in [1.29, 1.82) is 0 Å². The maximum absolute atomic E-state index is 12.4. The molecule has 0 spiro atoms. The van der Waals surface area contributed by atoms with Gasteiger partial charge in [-0.05, 0) is 25.0 Å². The first kappa shape index (κ1) is 16.2. The van der Waals surface area contributed by atoms with Crippen molar-refractivity contribution < 1.29 is 24.6 Å². The number of anilines is 1. The molecule has 0 aliphatic carbocycles. The van der Waals surface area contributed by atoms with Gasteiger partial charge in [0.25, 0.3) is 0 Å². The van der Waals surface area contributed by atoms with Crippen LogP contribution in [0.25, 0.3) is 0 Å². The molecule has 22 heavy (non-hydrogen) atoms. The predicted molar refractivity (Wildman–Crippen MR) is 76.8 cm³/mol. The van der Waals surface area contributed by atoms with Gasteiger partial charge in [0.2, 0.25) is 0 Å². The Balaban J connectivity index is 2.28. The Bertz CT molecular complexity index is 591. The third-order valence-corrected chi connectivity index (χ3v) is 4.67. The lowest BCUT2D eigenvalue weighted by atomic mass is 10.1. The molecule has 0 radical (unpaired) electrons. The summed E-state index contributed by atoms with van der Waals surface area (Å²) in [5.41, 5.74) is 2.10. The Hall–Kier alpha value is -2.22. The summed E-state index contributed by atoms with van der Waals surface area (Å²) >= 11 is 0.825. The first-order chi connectivity index (χ1) is 10.3. The second-order valence-corrected chi connectivity index (χ2v) is 6.06. The lowest BCUT2D eigenvalue weighted by Crippen LogP contribution is -2.55. The van der Waals surface area contributed by atoms with Crippen LogP contribution in [0.3, 0.4) is 0 Å². The van der Waals surface area contributed by atoms with E-state index in [1.54, 1.807) is 26.0 Å². The van der Waals surface area contributed by atoms with Crippen molar-refractivity contribution in [1.82, 2.24) is 4.90 Å². The Morgan fingerprint density at radius 1 is 1.18 bits per heavy atom. The van der Waals surface area contributed by atoms with Crippen molar-refractivity contribution in [2.24, 2.45) is 0 Å². The number of amides is 2. The summed E-state index contributed by atoms with van der Waals surface area (Å²) in [6.45, 7) is 3.57. The molecule has 7 nitrogen and oxygen atoms in total. The highest BCUT2D eigenvalue weighted by Gasteiger charge is 2.39. The third kappa shape index (κ3) is 3.01.